The number of hydrogen-bond donors (Lipinski definition) is 2. The minimum absolute atomic E-state index is 0.481. The summed E-state index contributed by atoms with van der Waals surface area (Å²) in [7, 11) is 0. The Bertz CT molecular complexity index is 1620. The molecule has 3 N–H and O–H groups in total. The number of fused-ring (bicyclic) bond motifs is 3. The molecule has 0 unspecified atom stereocenters. The van der Waals surface area contributed by atoms with Crippen molar-refractivity contribution in [3.63, 3.8) is 0 Å². The van der Waals surface area contributed by atoms with Crippen LogP contribution in [0.1, 0.15) is 55.3 Å². The average molecular weight is 476 g/mol. The van der Waals surface area contributed by atoms with E-state index in [0.717, 1.165) is 44.8 Å². The fourth-order valence-electron chi connectivity index (χ4n) is 6.13. The van der Waals surface area contributed by atoms with Crippen LogP contribution < -0.4 is 5.73 Å². The molecule has 0 amide bonds. The molecule has 0 bridgehead atoms. The largest absolute Gasteiger partial charge is 0.390 e. The molecule has 180 valence electrons. The van der Waals surface area contributed by atoms with E-state index in [0.29, 0.717) is 18.8 Å². The van der Waals surface area contributed by atoms with E-state index in [2.05, 4.69) is 54.6 Å². The molecule has 0 saturated heterocycles. The molecular weight excluding hydrogens is 446 g/mol. The zero-order chi connectivity index (χ0) is 24.7. The highest BCUT2D eigenvalue weighted by Gasteiger charge is 2.49. The molecule has 0 radical (unpaired) electrons. The molecular formula is C30H29N5O. The maximum absolute atomic E-state index is 10.3. The number of aromatic nitrogens is 4. The highest BCUT2D eigenvalue weighted by Crippen LogP contribution is 2.50. The third-order valence-corrected chi connectivity index (χ3v) is 7.77. The van der Waals surface area contributed by atoms with E-state index in [1.807, 2.05) is 30.6 Å². The molecule has 3 aromatic heterocycles. The van der Waals surface area contributed by atoms with Gasteiger partial charge in [0.05, 0.1) is 17.0 Å². The third kappa shape index (κ3) is 3.36. The van der Waals surface area contributed by atoms with E-state index >= 15 is 0 Å². The van der Waals surface area contributed by atoms with E-state index in [1.54, 1.807) is 0 Å². The minimum atomic E-state index is -0.686. The zero-order valence-corrected chi connectivity index (χ0v) is 20.6. The van der Waals surface area contributed by atoms with Gasteiger partial charge in [0, 0.05) is 34.3 Å². The molecule has 2 aliphatic rings. The molecule has 2 fully saturated rings. The molecule has 36 heavy (non-hydrogen) atoms. The maximum Gasteiger partial charge on any atom is 0.165 e. The molecule has 5 aromatic rings. The molecule has 0 spiro atoms. The Balaban J connectivity index is 1.48. The Hall–Kier alpha value is -3.61. The summed E-state index contributed by atoms with van der Waals surface area (Å²) in [5.74, 6) is 0.490. The van der Waals surface area contributed by atoms with Gasteiger partial charge in [0.15, 0.2) is 11.3 Å². The number of rotatable bonds is 4. The molecule has 0 atom stereocenters. The lowest BCUT2D eigenvalue weighted by atomic mass is 9.63. The number of nitrogens with zero attached hydrogens (tertiary/aromatic N) is 4. The van der Waals surface area contributed by atoms with Gasteiger partial charge in [0.2, 0.25) is 0 Å². The van der Waals surface area contributed by atoms with Gasteiger partial charge in [-0.05, 0) is 62.1 Å². The van der Waals surface area contributed by atoms with E-state index in [-0.39, 0.29) is 0 Å². The quantitative estimate of drug-likeness (QED) is 0.358. The standard InChI is InChI=1S/C30H29N5O/c1-18-14-24-32-15-23-25(20-8-9-20)26(19-6-4-3-5-7-19)27(33-28(23)35(24)34-18)21-10-12-22(13-11-21)30(31)16-29(2,36)17-30/h3-7,10-15,20,36H,8-9,16-17,31H2,1-2H3. The summed E-state index contributed by atoms with van der Waals surface area (Å²) in [5.41, 5.74) is 14.7. The second-order valence-corrected chi connectivity index (χ2v) is 11.0. The van der Waals surface area contributed by atoms with Crippen LogP contribution in [0.15, 0.2) is 66.9 Å². The number of pyridine rings is 1. The predicted molar refractivity (Wildman–Crippen MR) is 142 cm³/mol. The Labute approximate surface area is 209 Å². The molecule has 3 heterocycles. The van der Waals surface area contributed by atoms with Gasteiger partial charge in [-0.3, -0.25) is 0 Å². The second kappa shape index (κ2) is 7.45. The molecule has 2 aromatic carbocycles. The number of nitrogens with two attached hydrogens (primary N) is 1. The fraction of sp³-hybridized carbons (Fsp3) is 0.300. The van der Waals surface area contributed by atoms with Crippen molar-refractivity contribution in [2.24, 2.45) is 5.73 Å². The minimum Gasteiger partial charge on any atom is -0.390 e. The third-order valence-electron chi connectivity index (χ3n) is 7.77. The first-order valence-corrected chi connectivity index (χ1v) is 12.7. The number of benzene rings is 2. The summed E-state index contributed by atoms with van der Waals surface area (Å²) >= 11 is 0. The van der Waals surface area contributed by atoms with Crippen molar-refractivity contribution < 1.29 is 5.11 Å². The number of aryl methyl sites for hydroxylation is 1. The number of aliphatic hydroxyl groups is 1. The summed E-state index contributed by atoms with van der Waals surface area (Å²) in [6, 6.07) is 21.0. The van der Waals surface area contributed by atoms with E-state index < -0.39 is 11.1 Å². The van der Waals surface area contributed by atoms with E-state index in [4.69, 9.17) is 20.8 Å². The van der Waals surface area contributed by atoms with Crippen molar-refractivity contribution in [3.05, 3.63) is 83.7 Å². The smallest absolute Gasteiger partial charge is 0.165 e. The Morgan fingerprint density at radius 2 is 1.72 bits per heavy atom. The van der Waals surface area contributed by atoms with Crippen molar-refractivity contribution in [1.82, 2.24) is 19.6 Å². The average Bonchev–Trinajstić information content (AvgIpc) is 3.62. The predicted octanol–water partition coefficient (Wildman–Crippen LogP) is 5.50. The van der Waals surface area contributed by atoms with Crippen LogP contribution in [0.2, 0.25) is 0 Å². The van der Waals surface area contributed by atoms with Gasteiger partial charge in [-0.15, -0.1) is 0 Å². The van der Waals surface area contributed by atoms with E-state index in [9.17, 15) is 5.11 Å². The summed E-state index contributed by atoms with van der Waals surface area (Å²) in [6.45, 7) is 3.84. The van der Waals surface area contributed by atoms with Crippen molar-refractivity contribution in [2.75, 3.05) is 0 Å². The first-order chi connectivity index (χ1) is 17.3. The van der Waals surface area contributed by atoms with Crippen molar-refractivity contribution in [2.45, 2.75) is 56.6 Å². The monoisotopic (exact) mass is 475 g/mol. The summed E-state index contributed by atoms with van der Waals surface area (Å²) in [6.07, 6.45) is 5.45. The molecule has 7 rings (SSSR count). The molecule has 6 heteroatoms. The zero-order valence-electron chi connectivity index (χ0n) is 20.6. The Morgan fingerprint density at radius 3 is 2.39 bits per heavy atom. The van der Waals surface area contributed by atoms with Crippen LogP contribution in [-0.2, 0) is 5.54 Å². The fourth-order valence-corrected chi connectivity index (χ4v) is 6.13. The van der Waals surface area contributed by atoms with Crippen LogP contribution >= 0.6 is 0 Å². The van der Waals surface area contributed by atoms with Crippen LogP contribution in [-0.4, -0.2) is 30.3 Å². The lowest BCUT2D eigenvalue weighted by Gasteiger charge is -2.49. The molecule has 2 saturated carbocycles. The molecule has 2 aliphatic carbocycles. The van der Waals surface area contributed by atoms with Crippen LogP contribution in [0.3, 0.4) is 0 Å². The number of hydrogen-bond acceptors (Lipinski definition) is 5. The first kappa shape index (κ1) is 21.7. The second-order valence-electron chi connectivity index (χ2n) is 11.0. The van der Waals surface area contributed by atoms with Gasteiger partial charge in [0.1, 0.15) is 0 Å². The molecule has 6 nitrogen and oxygen atoms in total. The highest BCUT2D eigenvalue weighted by molar-refractivity contribution is 5.95. The maximum atomic E-state index is 10.3. The molecule has 0 aliphatic heterocycles. The topological polar surface area (TPSA) is 89.3 Å². The van der Waals surface area contributed by atoms with Crippen molar-refractivity contribution in [1.29, 1.82) is 0 Å². The van der Waals surface area contributed by atoms with Crippen LogP contribution in [0.5, 0.6) is 0 Å². The van der Waals surface area contributed by atoms with Crippen LogP contribution in [0.25, 0.3) is 39.1 Å². The van der Waals surface area contributed by atoms with Crippen molar-refractivity contribution >= 4 is 16.7 Å². The van der Waals surface area contributed by atoms with Crippen LogP contribution in [0, 0.1) is 6.92 Å². The Morgan fingerprint density at radius 1 is 1.00 bits per heavy atom. The summed E-state index contributed by atoms with van der Waals surface area (Å²) in [5, 5.41) is 16.1. The van der Waals surface area contributed by atoms with Gasteiger partial charge in [-0.1, -0.05) is 54.6 Å². The van der Waals surface area contributed by atoms with Gasteiger partial charge in [0.25, 0.3) is 0 Å². The lowest BCUT2D eigenvalue weighted by molar-refractivity contribution is -0.0738. The van der Waals surface area contributed by atoms with E-state index in [1.165, 1.54) is 24.0 Å². The first-order valence-electron chi connectivity index (χ1n) is 12.7. The summed E-state index contributed by atoms with van der Waals surface area (Å²) in [4.78, 5) is 10.0. The van der Waals surface area contributed by atoms with Gasteiger partial charge < -0.3 is 10.8 Å². The normalized spacial score (nSPS) is 23.8. The highest BCUT2D eigenvalue weighted by atomic mass is 16.3. The lowest BCUT2D eigenvalue weighted by Crippen LogP contribution is -2.58. The SMILES string of the molecule is Cc1cc2ncc3c(C4CC4)c(-c4ccccc4)c(-c4ccc(C5(N)CC(C)(O)C5)cc4)nc3n2n1. The van der Waals surface area contributed by atoms with Gasteiger partial charge in [-0.25, -0.2) is 9.97 Å². The van der Waals surface area contributed by atoms with Gasteiger partial charge in [-0.2, -0.15) is 9.61 Å². The Kier molecular flexibility index (Phi) is 4.48. The van der Waals surface area contributed by atoms with Crippen molar-refractivity contribution in [3.8, 4) is 22.4 Å². The van der Waals surface area contributed by atoms with Gasteiger partial charge >= 0.3 is 0 Å². The summed E-state index contributed by atoms with van der Waals surface area (Å²) < 4.78 is 1.88. The van der Waals surface area contributed by atoms with Crippen LogP contribution in [0.4, 0.5) is 0 Å².